The number of hydrogen-bond donors (Lipinski definition) is 0. The Bertz CT molecular complexity index is 537. The fourth-order valence-electron chi connectivity index (χ4n) is 2.50. The van der Waals surface area contributed by atoms with Crippen LogP contribution in [0.5, 0.6) is 0 Å². The molecule has 0 radical (unpaired) electrons. The third-order valence-electron chi connectivity index (χ3n) is 3.58. The van der Waals surface area contributed by atoms with Crippen molar-refractivity contribution in [3.63, 3.8) is 0 Å². The Hall–Kier alpha value is -2.03. The van der Waals surface area contributed by atoms with E-state index in [-0.39, 0.29) is 5.91 Å². The van der Waals surface area contributed by atoms with Crippen LogP contribution in [-0.4, -0.2) is 23.9 Å². The molecule has 3 rings (SSSR count). The van der Waals surface area contributed by atoms with Crippen LogP contribution in [0.3, 0.4) is 0 Å². The van der Waals surface area contributed by atoms with E-state index in [9.17, 15) is 4.79 Å². The molecule has 3 nitrogen and oxygen atoms in total. The normalized spacial score (nSPS) is 15.5. The van der Waals surface area contributed by atoms with Crippen molar-refractivity contribution in [3.8, 4) is 11.3 Å². The molecule has 1 aliphatic rings. The lowest BCUT2D eigenvalue weighted by molar-refractivity contribution is 0.0724. The van der Waals surface area contributed by atoms with Crippen LogP contribution < -0.4 is 0 Å². The van der Waals surface area contributed by atoms with Gasteiger partial charge in [0.25, 0.3) is 5.91 Å². The zero-order chi connectivity index (χ0) is 13.1. The third-order valence-corrected chi connectivity index (χ3v) is 3.58. The number of nitrogens with zero attached hydrogens (tertiary/aromatic N) is 1. The smallest absolute Gasteiger partial charge is 0.253 e. The molecule has 19 heavy (non-hydrogen) atoms. The van der Waals surface area contributed by atoms with E-state index in [1.165, 1.54) is 6.42 Å². The molecule has 1 aromatic heterocycles. The molecule has 0 N–H and O–H groups in total. The van der Waals surface area contributed by atoms with Gasteiger partial charge >= 0.3 is 0 Å². The van der Waals surface area contributed by atoms with E-state index in [1.54, 1.807) is 6.26 Å². The quantitative estimate of drug-likeness (QED) is 0.822. The average Bonchev–Trinajstić information content (AvgIpc) is 3.02. The number of carbonyl (C=O) groups excluding carboxylic acids is 1. The Labute approximate surface area is 112 Å². The van der Waals surface area contributed by atoms with Gasteiger partial charge in [-0.1, -0.05) is 12.1 Å². The van der Waals surface area contributed by atoms with E-state index in [0.717, 1.165) is 42.8 Å². The molecule has 0 saturated carbocycles. The molecule has 0 atom stereocenters. The van der Waals surface area contributed by atoms with Crippen molar-refractivity contribution >= 4 is 5.91 Å². The molecule has 1 aliphatic heterocycles. The fraction of sp³-hybridized carbons (Fsp3) is 0.312. The van der Waals surface area contributed by atoms with E-state index < -0.39 is 0 Å². The first-order valence-electron chi connectivity index (χ1n) is 6.78. The summed E-state index contributed by atoms with van der Waals surface area (Å²) in [7, 11) is 0. The molecule has 0 spiro atoms. The van der Waals surface area contributed by atoms with Crippen LogP contribution >= 0.6 is 0 Å². The third kappa shape index (κ3) is 2.55. The standard InChI is InChI=1S/C16H17NO2/c18-16(17-10-2-1-3-11-17)14-8-6-13(7-9-14)15-5-4-12-19-15/h4-9,12H,1-3,10-11H2. The highest BCUT2D eigenvalue weighted by molar-refractivity contribution is 5.94. The zero-order valence-electron chi connectivity index (χ0n) is 10.8. The predicted octanol–water partition coefficient (Wildman–Crippen LogP) is 3.57. The topological polar surface area (TPSA) is 33.5 Å². The number of carbonyl (C=O) groups is 1. The van der Waals surface area contributed by atoms with Crippen molar-refractivity contribution in [2.45, 2.75) is 19.3 Å². The molecule has 2 aromatic rings. The average molecular weight is 255 g/mol. The van der Waals surface area contributed by atoms with Gasteiger partial charge in [-0.15, -0.1) is 0 Å². The lowest BCUT2D eigenvalue weighted by atomic mass is 10.1. The molecule has 98 valence electrons. The highest BCUT2D eigenvalue weighted by Gasteiger charge is 2.17. The Morgan fingerprint density at radius 3 is 2.37 bits per heavy atom. The summed E-state index contributed by atoms with van der Waals surface area (Å²) in [5, 5.41) is 0. The number of furan rings is 1. The number of benzene rings is 1. The summed E-state index contributed by atoms with van der Waals surface area (Å²) in [4.78, 5) is 14.2. The molecular formula is C16H17NO2. The second-order valence-corrected chi connectivity index (χ2v) is 4.91. The van der Waals surface area contributed by atoms with Crippen molar-refractivity contribution in [2.75, 3.05) is 13.1 Å². The Kier molecular flexibility index (Phi) is 3.36. The Morgan fingerprint density at radius 1 is 1.00 bits per heavy atom. The van der Waals surface area contributed by atoms with Gasteiger partial charge in [0, 0.05) is 24.2 Å². The molecule has 0 aliphatic carbocycles. The van der Waals surface area contributed by atoms with Gasteiger partial charge < -0.3 is 9.32 Å². The van der Waals surface area contributed by atoms with Crippen LogP contribution in [0.1, 0.15) is 29.6 Å². The summed E-state index contributed by atoms with van der Waals surface area (Å²) < 4.78 is 5.34. The minimum absolute atomic E-state index is 0.144. The largest absolute Gasteiger partial charge is 0.464 e. The van der Waals surface area contributed by atoms with Gasteiger partial charge in [-0.3, -0.25) is 4.79 Å². The summed E-state index contributed by atoms with van der Waals surface area (Å²) in [6.45, 7) is 1.78. The van der Waals surface area contributed by atoms with Gasteiger partial charge in [-0.05, 0) is 43.5 Å². The number of likely N-dealkylation sites (tertiary alicyclic amines) is 1. The molecule has 1 amide bonds. The molecular weight excluding hydrogens is 238 g/mol. The summed E-state index contributed by atoms with van der Waals surface area (Å²) in [5.74, 6) is 0.975. The molecule has 0 bridgehead atoms. The first-order chi connectivity index (χ1) is 9.34. The second kappa shape index (κ2) is 5.31. The van der Waals surface area contributed by atoms with Crippen molar-refractivity contribution in [1.82, 2.24) is 4.90 Å². The number of rotatable bonds is 2. The molecule has 1 aromatic carbocycles. The van der Waals surface area contributed by atoms with Gasteiger partial charge in [-0.2, -0.15) is 0 Å². The molecule has 1 fully saturated rings. The molecule has 1 saturated heterocycles. The number of amides is 1. The van der Waals surface area contributed by atoms with E-state index >= 15 is 0 Å². The summed E-state index contributed by atoms with van der Waals surface area (Å²) in [5.41, 5.74) is 1.76. The van der Waals surface area contributed by atoms with Crippen molar-refractivity contribution in [3.05, 3.63) is 48.2 Å². The van der Waals surface area contributed by atoms with Gasteiger partial charge in [0.15, 0.2) is 0 Å². The highest BCUT2D eigenvalue weighted by atomic mass is 16.3. The van der Waals surface area contributed by atoms with Crippen molar-refractivity contribution in [1.29, 1.82) is 0 Å². The van der Waals surface area contributed by atoms with Crippen LogP contribution in [-0.2, 0) is 0 Å². The minimum atomic E-state index is 0.144. The van der Waals surface area contributed by atoms with Crippen LogP contribution in [0.2, 0.25) is 0 Å². The van der Waals surface area contributed by atoms with Crippen molar-refractivity contribution in [2.24, 2.45) is 0 Å². The maximum Gasteiger partial charge on any atom is 0.253 e. The molecule has 2 heterocycles. The summed E-state index contributed by atoms with van der Waals surface area (Å²) >= 11 is 0. The fourth-order valence-corrected chi connectivity index (χ4v) is 2.50. The van der Waals surface area contributed by atoms with Crippen LogP contribution in [0, 0.1) is 0 Å². The Morgan fingerprint density at radius 2 is 1.74 bits per heavy atom. The van der Waals surface area contributed by atoms with E-state index in [2.05, 4.69) is 0 Å². The molecule has 0 unspecified atom stereocenters. The Balaban J connectivity index is 1.76. The maximum absolute atomic E-state index is 12.3. The van der Waals surface area contributed by atoms with Gasteiger partial charge in [0.05, 0.1) is 6.26 Å². The van der Waals surface area contributed by atoms with E-state index in [0.29, 0.717) is 0 Å². The lowest BCUT2D eigenvalue weighted by Gasteiger charge is -2.26. The summed E-state index contributed by atoms with van der Waals surface area (Å²) in [6.07, 6.45) is 5.13. The summed E-state index contributed by atoms with van der Waals surface area (Å²) in [6, 6.07) is 11.4. The highest BCUT2D eigenvalue weighted by Crippen LogP contribution is 2.21. The number of piperidine rings is 1. The lowest BCUT2D eigenvalue weighted by Crippen LogP contribution is -2.35. The first kappa shape index (κ1) is 12.0. The van der Waals surface area contributed by atoms with Gasteiger partial charge in [0.2, 0.25) is 0 Å². The number of hydrogen-bond acceptors (Lipinski definition) is 2. The van der Waals surface area contributed by atoms with E-state index in [4.69, 9.17) is 4.42 Å². The monoisotopic (exact) mass is 255 g/mol. The first-order valence-corrected chi connectivity index (χ1v) is 6.78. The second-order valence-electron chi connectivity index (χ2n) is 4.91. The van der Waals surface area contributed by atoms with E-state index in [1.807, 2.05) is 41.3 Å². The van der Waals surface area contributed by atoms with Crippen LogP contribution in [0.15, 0.2) is 47.1 Å². The van der Waals surface area contributed by atoms with Gasteiger partial charge in [-0.25, -0.2) is 0 Å². The van der Waals surface area contributed by atoms with Crippen LogP contribution in [0.4, 0.5) is 0 Å². The zero-order valence-corrected chi connectivity index (χ0v) is 10.8. The molecule has 3 heteroatoms. The predicted molar refractivity (Wildman–Crippen MR) is 73.9 cm³/mol. The maximum atomic E-state index is 12.3. The van der Waals surface area contributed by atoms with Gasteiger partial charge in [0.1, 0.15) is 5.76 Å². The van der Waals surface area contributed by atoms with Crippen molar-refractivity contribution < 1.29 is 9.21 Å². The van der Waals surface area contributed by atoms with Crippen LogP contribution in [0.25, 0.3) is 11.3 Å². The SMILES string of the molecule is O=C(c1ccc(-c2ccco2)cc1)N1CCCCC1. The minimum Gasteiger partial charge on any atom is -0.464 e.